The van der Waals surface area contributed by atoms with E-state index >= 15 is 0 Å². The first-order valence-corrected chi connectivity index (χ1v) is 11.1. The highest BCUT2D eigenvalue weighted by Crippen LogP contribution is 2.25. The molecule has 188 valence electrons. The van der Waals surface area contributed by atoms with Gasteiger partial charge in [-0.1, -0.05) is 31.2 Å². The van der Waals surface area contributed by atoms with E-state index in [0.717, 1.165) is 22.9 Å². The normalized spacial score (nSPS) is 11.9. The number of ether oxygens (including phenoxy) is 1. The summed E-state index contributed by atoms with van der Waals surface area (Å²) in [4.78, 5) is 58.6. The van der Waals surface area contributed by atoms with Crippen LogP contribution in [0.4, 0.5) is 0 Å². The number of carbonyl (C=O) groups is 3. The van der Waals surface area contributed by atoms with Crippen LogP contribution in [-0.2, 0) is 10.3 Å². The molecule has 0 aliphatic rings. The van der Waals surface area contributed by atoms with E-state index in [1.807, 2.05) is 30.3 Å². The van der Waals surface area contributed by atoms with Crippen LogP contribution in [0.2, 0.25) is 0 Å². The quantitative estimate of drug-likeness (QED) is 0.351. The molecular formula is C25H27N5O6. The molecule has 0 aliphatic heterocycles. The van der Waals surface area contributed by atoms with E-state index in [2.05, 4.69) is 25.6 Å². The summed E-state index contributed by atoms with van der Waals surface area (Å²) in [5, 5.41) is 14.1. The fourth-order valence-corrected chi connectivity index (χ4v) is 3.26. The number of hydrogen-bond donors (Lipinski definition) is 4. The first-order chi connectivity index (χ1) is 17.0. The lowest BCUT2D eigenvalue weighted by atomic mass is 9.92. The topological polar surface area (TPSA) is 163 Å². The Balaban J connectivity index is 1.69. The lowest BCUT2D eigenvalue weighted by Crippen LogP contribution is -2.43. The second-order valence-corrected chi connectivity index (χ2v) is 8.67. The van der Waals surface area contributed by atoms with Gasteiger partial charge in [-0.25, -0.2) is 9.97 Å². The van der Waals surface area contributed by atoms with Crippen LogP contribution in [0.1, 0.15) is 47.3 Å². The number of pyridine rings is 1. The number of carbonyl (C=O) groups excluding carboxylic acids is 2. The minimum Gasteiger partial charge on any atom is -0.481 e. The summed E-state index contributed by atoms with van der Waals surface area (Å²) in [7, 11) is 1.55. The van der Waals surface area contributed by atoms with Crippen molar-refractivity contribution in [3.8, 4) is 17.0 Å². The molecule has 36 heavy (non-hydrogen) atoms. The molecule has 0 saturated carbocycles. The number of amides is 2. The Morgan fingerprint density at radius 2 is 1.69 bits per heavy atom. The predicted octanol–water partition coefficient (Wildman–Crippen LogP) is 1.96. The van der Waals surface area contributed by atoms with Gasteiger partial charge in [-0.15, -0.1) is 0 Å². The highest BCUT2D eigenvalue weighted by Gasteiger charge is 2.25. The van der Waals surface area contributed by atoms with Crippen molar-refractivity contribution < 1.29 is 24.2 Å². The van der Waals surface area contributed by atoms with Gasteiger partial charge in [0.15, 0.2) is 5.82 Å². The highest BCUT2D eigenvalue weighted by atomic mass is 16.5. The molecule has 1 atom stereocenters. The lowest BCUT2D eigenvalue weighted by Gasteiger charge is -2.27. The predicted molar refractivity (Wildman–Crippen MR) is 131 cm³/mol. The van der Waals surface area contributed by atoms with Gasteiger partial charge < -0.3 is 25.5 Å². The summed E-state index contributed by atoms with van der Waals surface area (Å²) < 4.78 is 5.08. The smallest absolute Gasteiger partial charge is 0.308 e. The van der Waals surface area contributed by atoms with Crippen LogP contribution in [0.3, 0.4) is 0 Å². The van der Waals surface area contributed by atoms with E-state index in [1.54, 1.807) is 33.2 Å². The Bertz CT molecular complexity index is 1320. The number of nitrogens with zero attached hydrogens (tertiary/aromatic N) is 2. The molecule has 3 rings (SSSR count). The van der Waals surface area contributed by atoms with Crippen molar-refractivity contribution >= 4 is 17.8 Å². The number of rotatable bonds is 9. The third-order valence-electron chi connectivity index (χ3n) is 5.56. The molecule has 0 saturated heterocycles. The Labute approximate surface area is 207 Å². The summed E-state index contributed by atoms with van der Waals surface area (Å²) in [6, 6.07) is 11.2. The SMILES string of the molecule is COc1ccc(-c2ccc(C(C)(C)NC(=O)c3cnc(C(=O)NC[C@@H](C)C(=O)O)[nH]c3=O)cc2)cn1. The van der Waals surface area contributed by atoms with E-state index in [4.69, 9.17) is 9.84 Å². The average Bonchev–Trinajstić information content (AvgIpc) is 2.86. The fourth-order valence-electron chi connectivity index (χ4n) is 3.26. The number of nitrogens with one attached hydrogen (secondary N) is 3. The first-order valence-electron chi connectivity index (χ1n) is 11.1. The number of carboxylic acid groups (broad SMARTS) is 1. The first kappa shape index (κ1) is 26.1. The van der Waals surface area contributed by atoms with E-state index in [9.17, 15) is 19.2 Å². The zero-order chi connectivity index (χ0) is 26.5. The van der Waals surface area contributed by atoms with Crippen LogP contribution >= 0.6 is 0 Å². The Morgan fingerprint density at radius 1 is 1.03 bits per heavy atom. The molecule has 1 aromatic carbocycles. The molecular weight excluding hydrogens is 466 g/mol. The van der Waals surface area contributed by atoms with Crippen LogP contribution in [-0.4, -0.2) is 51.5 Å². The van der Waals surface area contributed by atoms with Gasteiger partial charge in [0.05, 0.1) is 18.6 Å². The molecule has 3 aromatic rings. The number of aliphatic carboxylic acids is 1. The maximum atomic E-state index is 12.8. The molecule has 0 fully saturated rings. The van der Waals surface area contributed by atoms with Gasteiger partial charge in [-0.3, -0.25) is 19.2 Å². The molecule has 11 nitrogen and oxygen atoms in total. The minimum atomic E-state index is -1.07. The standard InChI is InChI=1S/C25H27N5O6/c1-14(24(34)35)11-28-23(33)20-27-13-18(21(31)29-20)22(32)30-25(2,3)17-8-5-15(6-9-17)16-7-10-19(36-4)26-12-16/h5-10,12-14H,11H2,1-4H3,(H,28,33)(H,30,32)(H,34,35)(H,27,29,31)/t14-/m1/s1. The molecule has 0 spiro atoms. The van der Waals surface area contributed by atoms with E-state index in [0.29, 0.717) is 5.88 Å². The van der Waals surface area contributed by atoms with Crippen LogP contribution in [0, 0.1) is 5.92 Å². The van der Waals surface area contributed by atoms with Gasteiger partial charge in [0.1, 0.15) is 5.56 Å². The number of benzene rings is 1. The number of methoxy groups -OCH3 is 1. The molecule has 2 heterocycles. The van der Waals surface area contributed by atoms with E-state index in [-0.39, 0.29) is 17.9 Å². The maximum Gasteiger partial charge on any atom is 0.308 e. The van der Waals surface area contributed by atoms with E-state index in [1.165, 1.54) is 6.92 Å². The number of carboxylic acids is 1. The molecule has 0 bridgehead atoms. The third kappa shape index (κ3) is 6.12. The number of hydrogen-bond acceptors (Lipinski definition) is 7. The van der Waals surface area contributed by atoms with Gasteiger partial charge in [0.25, 0.3) is 17.4 Å². The number of H-pyrrole nitrogens is 1. The summed E-state index contributed by atoms with van der Waals surface area (Å²) >= 11 is 0. The minimum absolute atomic E-state index is 0.137. The monoisotopic (exact) mass is 493 g/mol. The molecule has 2 aromatic heterocycles. The van der Waals surface area contributed by atoms with Crippen molar-refractivity contribution in [3.05, 3.63) is 76.1 Å². The summed E-state index contributed by atoms with van der Waals surface area (Å²) in [5.41, 5.74) is 0.751. The zero-order valence-corrected chi connectivity index (χ0v) is 20.3. The Morgan fingerprint density at radius 3 is 2.25 bits per heavy atom. The second-order valence-electron chi connectivity index (χ2n) is 8.67. The second kappa shape index (κ2) is 10.8. The van der Waals surface area contributed by atoms with Crippen LogP contribution < -0.4 is 20.9 Å². The molecule has 0 radical (unpaired) electrons. The van der Waals surface area contributed by atoms with Crippen molar-refractivity contribution in [3.63, 3.8) is 0 Å². The summed E-state index contributed by atoms with van der Waals surface area (Å²) in [6.45, 7) is 4.88. The van der Waals surface area contributed by atoms with Gasteiger partial charge in [0, 0.05) is 30.6 Å². The molecule has 0 unspecified atom stereocenters. The average molecular weight is 494 g/mol. The fraction of sp³-hybridized carbons (Fsp3) is 0.280. The van der Waals surface area contributed by atoms with Crippen LogP contribution in [0.15, 0.2) is 53.6 Å². The van der Waals surface area contributed by atoms with Gasteiger partial charge in [-0.2, -0.15) is 0 Å². The molecule has 11 heteroatoms. The largest absolute Gasteiger partial charge is 0.481 e. The van der Waals surface area contributed by atoms with Gasteiger partial charge in [0.2, 0.25) is 5.88 Å². The maximum absolute atomic E-state index is 12.8. The van der Waals surface area contributed by atoms with Crippen molar-refractivity contribution in [2.75, 3.05) is 13.7 Å². The van der Waals surface area contributed by atoms with Gasteiger partial charge in [-0.05, 0) is 31.0 Å². The van der Waals surface area contributed by atoms with Crippen LogP contribution in [0.5, 0.6) is 5.88 Å². The lowest BCUT2D eigenvalue weighted by molar-refractivity contribution is -0.140. The summed E-state index contributed by atoms with van der Waals surface area (Å²) in [6.07, 6.45) is 2.72. The number of aromatic amines is 1. The zero-order valence-electron chi connectivity index (χ0n) is 20.3. The van der Waals surface area contributed by atoms with Crippen molar-refractivity contribution in [2.24, 2.45) is 5.92 Å². The Hall–Kier alpha value is -4.54. The molecule has 4 N–H and O–H groups in total. The summed E-state index contributed by atoms with van der Waals surface area (Å²) in [5.74, 6) is -3.10. The van der Waals surface area contributed by atoms with Crippen molar-refractivity contribution in [1.29, 1.82) is 0 Å². The molecule has 2 amide bonds. The highest BCUT2D eigenvalue weighted by molar-refractivity contribution is 5.95. The third-order valence-corrected chi connectivity index (χ3v) is 5.56. The van der Waals surface area contributed by atoms with Crippen molar-refractivity contribution in [2.45, 2.75) is 26.3 Å². The van der Waals surface area contributed by atoms with Gasteiger partial charge >= 0.3 is 5.97 Å². The Kier molecular flexibility index (Phi) is 7.83. The van der Waals surface area contributed by atoms with E-state index < -0.39 is 34.8 Å². The molecule has 0 aliphatic carbocycles. The van der Waals surface area contributed by atoms with Crippen molar-refractivity contribution in [1.82, 2.24) is 25.6 Å². The number of aromatic nitrogens is 3. The van der Waals surface area contributed by atoms with Crippen LogP contribution in [0.25, 0.3) is 11.1 Å².